The molecule has 25 heavy (non-hydrogen) atoms. The molecule has 132 valence electrons. The molecule has 7 nitrogen and oxygen atoms in total. The normalized spacial score (nSPS) is 15.4. The van der Waals surface area contributed by atoms with E-state index >= 15 is 0 Å². The molecule has 8 heteroatoms. The first-order chi connectivity index (χ1) is 12.0. The fourth-order valence-corrected chi connectivity index (χ4v) is 2.95. The van der Waals surface area contributed by atoms with Crippen molar-refractivity contribution in [3.63, 3.8) is 0 Å². The van der Waals surface area contributed by atoms with Gasteiger partial charge in [0.2, 0.25) is 5.91 Å². The maximum atomic E-state index is 13.1. The van der Waals surface area contributed by atoms with Gasteiger partial charge in [-0.25, -0.2) is 4.39 Å². The second kappa shape index (κ2) is 7.42. The number of hydrogen-bond acceptors (Lipinski definition) is 4. The first kappa shape index (κ1) is 17.1. The predicted octanol–water partition coefficient (Wildman–Crippen LogP) is 2.98. The second-order valence-corrected chi connectivity index (χ2v) is 6.26. The lowest BCUT2D eigenvalue weighted by Gasteiger charge is -2.34. The minimum absolute atomic E-state index is 0.0981. The summed E-state index contributed by atoms with van der Waals surface area (Å²) in [5.41, 5.74) is 0.799. The summed E-state index contributed by atoms with van der Waals surface area (Å²) in [6.07, 6.45) is 5.84. The first-order valence-corrected chi connectivity index (χ1v) is 8.24. The number of benzene rings is 1. The third-order valence-electron chi connectivity index (χ3n) is 4.57. The SMILES string of the molecule is O=C(CCn1cc([N+](=O)[O-])cn1)N[C@@H](c1ccc(F)cc1)C1CCC1. The van der Waals surface area contributed by atoms with Crippen molar-refractivity contribution in [2.75, 3.05) is 0 Å². The highest BCUT2D eigenvalue weighted by molar-refractivity contribution is 5.76. The number of nitrogens with zero attached hydrogens (tertiary/aromatic N) is 3. The van der Waals surface area contributed by atoms with Crippen LogP contribution >= 0.6 is 0 Å². The number of aromatic nitrogens is 2. The maximum absolute atomic E-state index is 13.1. The Balaban J connectivity index is 1.60. The van der Waals surface area contributed by atoms with Crippen molar-refractivity contribution in [1.29, 1.82) is 0 Å². The van der Waals surface area contributed by atoms with Crippen molar-refractivity contribution in [2.24, 2.45) is 5.92 Å². The van der Waals surface area contributed by atoms with Crippen LogP contribution in [0.3, 0.4) is 0 Å². The summed E-state index contributed by atoms with van der Waals surface area (Å²) < 4.78 is 14.5. The van der Waals surface area contributed by atoms with E-state index in [2.05, 4.69) is 10.4 Å². The third-order valence-corrected chi connectivity index (χ3v) is 4.57. The molecule has 0 saturated heterocycles. The molecule has 0 bridgehead atoms. The molecule has 1 heterocycles. The summed E-state index contributed by atoms with van der Waals surface area (Å²) in [7, 11) is 0. The molecule has 1 saturated carbocycles. The Kier molecular flexibility index (Phi) is 5.06. The van der Waals surface area contributed by atoms with Gasteiger partial charge in [-0.1, -0.05) is 18.6 Å². The summed E-state index contributed by atoms with van der Waals surface area (Å²) in [6.45, 7) is 0.264. The van der Waals surface area contributed by atoms with Crippen molar-refractivity contribution in [3.05, 3.63) is 58.2 Å². The zero-order valence-electron chi connectivity index (χ0n) is 13.6. The Hall–Kier alpha value is -2.77. The molecule has 0 radical (unpaired) electrons. The van der Waals surface area contributed by atoms with Gasteiger partial charge in [-0.15, -0.1) is 0 Å². The second-order valence-electron chi connectivity index (χ2n) is 6.26. The molecular formula is C17H19FN4O3. The highest BCUT2D eigenvalue weighted by Gasteiger charge is 2.29. The fraction of sp³-hybridized carbons (Fsp3) is 0.412. The summed E-state index contributed by atoms with van der Waals surface area (Å²) >= 11 is 0. The number of hydrogen-bond donors (Lipinski definition) is 1. The van der Waals surface area contributed by atoms with Gasteiger partial charge in [0, 0.05) is 13.0 Å². The smallest absolute Gasteiger partial charge is 0.306 e. The molecule has 2 aromatic rings. The van der Waals surface area contributed by atoms with Gasteiger partial charge in [-0.2, -0.15) is 5.10 Å². The van der Waals surface area contributed by atoms with E-state index in [1.165, 1.54) is 23.0 Å². The molecule has 1 aromatic heterocycles. The van der Waals surface area contributed by atoms with Crippen LogP contribution in [0.4, 0.5) is 10.1 Å². The highest BCUT2D eigenvalue weighted by atomic mass is 19.1. The number of nitro groups is 1. The Morgan fingerprint density at radius 2 is 2.12 bits per heavy atom. The van der Waals surface area contributed by atoms with E-state index in [9.17, 15) is 19.3 Å². The number of carbonyl (C=O) groups excluding carboxylic acids is 1. The number of rotatable bonds is 7. The monoisotopic (exact) mass is 346 g/mol. The van der Waals surface area contributed by atoms with Gasteiger partial charge >= 0.3 is 5.69 Å². The molecule has 0 unspecified atom stereocenters. The molecular weight excluding hydrogens is 327 g/mol. The van der Waals surface area contributed by atoms with Crippen molar-refractivity contribution < 1.29 is 14.1 Å². The van der Waals surface area contributed by atoms with E-state index in [0.29, 0.717) is 5.92 Å². The van der Waals surface area contributed by atoms with Crippen LogP contribution in [-0.2, 0) is 11.3 Å². The van der Waals surface area contributed by atoms with Gasteiger partial charge in [0.25, 0.3) is 0 Å². The third kappa shape index (κ3) is 4.20. The summed E-state index contributed by atoms with van der Waals surface area (Å²) in [5, 5.41) is 17.5. The molecule has 0 aliphatic heterocycles. The zero-order valence-corrected chi connectivity index (χ0v) is 13.6. The van der Waals surface area contributed by atoms with Gasteiger partial charge in [0.05, 0.1) is 11.0 Å². The standard InChI is InChI=1S/C17H19FN4O3/c18-14-6-4-13(5-7-14)17(12-2-1-3-12)20-16(23)8-9-21-11-15(10-19-21)22(24)25/h4-7,10-12,17H,1-3,8-9H2,(H,20,23)/t17-/m1/s1. The topological polar surface area (TPSA) is 90.1 Å². The van der Waals surface area contributed by atoms with Crippen LogP contribution in [0.25, 0.3) is 0 Å². The van der Waals surface area contributed by atoms with E-state index < -0.39 is 4.92 Å². The predicted molar refractivity (Wildman–Crippen MR) is 88.1 cm³/mol. The van der Waals surface area contributed by atoms with Crippen molar-refractivity contribution in [2.45, 2.75) is 38.3 Å². The summed E-state index contributed by atoms with van der Waals surface area (Å²) in [5.74, 6) is -0.0951. The van der Waals surface area contributed by atoms with Gasteiger partial charge in [0.1, 0.15) is 18.2 Å². The van der Waals surface area contributed by atoms with Crippen molar-refractivity contribution in [1.82, 2.24) is 15.1 Å². The van der Waals surface area contributed by atoms with Gasteiger partial charge in [0.15, 0.2) is 0 Å². The Bertz CT molecular complexity index is 756. The van der Waals surface area contributed by atoms with Crippen LogP contribution in [0, 0.1) is 21.8 Å². The van der Waals surface area contributed by atoms with Crippen LogP contribution in [-0.4, -0.2) is 20.6 Å². The Morgan fingerprint density at radius 1 is 1.40 bits per heavy atom. The number of carbonyl (C=O) groups is 1. The van der Waals surface area contributed by atoms with Crippen LogP contribution in [0.2, 0.25) is 0 Å². The molecule has 1 atom stereocenters. The largest absolute Gasteiger partial charge is 0.349 e. The Labute approximate surface area is 144 Å². The number of aryl methyl sites for hydroxylation is 1. The van der Waals surface area contributed by atoms with Crippen molar-refractivity contribution in [3.8, 4) is 0 Å². The van der Waals surface area contributed by atoms with Crippen LogP contribution in [0.15, 0.2) is 36.7 Å². The molecule has 1 amide bonds. The molecule has 0 spiro atoms. The molecule has 1 aliphatic rings. The minimum Gasteiger partial charge on any atom is -0.349 e. The summed E-state index contributed by atoms with van der Waals surface area (Å²) in [6, 6.07) is 6.07. The van der Waals surface area contributed by atoms with E-state index in [1.807, 2.05) is 0 Å². The van der Waals surface area contributed by atoms with Gasteiger partial charge in [-0.05, 0) is 36.5 Å². The highest BCUT2D eigenvalue weighted by Crippen LogP contribution is 2.37. The number of halogens is 1. The molecule has 1 aromatic carbocycles. The zero-order chi connectivity index (χ0) is 17.8. The van der Waals surface area contributed by atoms with E-state index in [4.69, 9.17) is 0 Å². The van der Waals surface area contributed by atoms with Crippen LogP contribution < -0.4 is 5.32 Å². The molecule has 1 aliphatic carbocycles. The lowest BCUT2D eigenvalue weighted by Crippen LogP contribution is -2.36. The fourth-order valence-electron chi connectivity index (χ4n) is 2.95. The average Bonchev–Trinajstić information content (AvgIpc) is 3.01. The lowest BCUT2D eigenvalue weighted by atomic mass is 9.77. The number of amides is 1. The van der Waals surface area contributed by atoms with Crippen molar-refractivity contribution >= 4 is 11.6 Å². The van der Waals surface area contributed by atoms with Gasteiger partial charge < -0.3 is 5.32 Å². The molecule has 1 fully saturated rings. The van der Waals surface area contributed by atoms with E-state index in [0.717, 1.165) is 31.0 Å². The average molecular weight is 346 g/mol. The quantitative estimate of drug-likeness (QED) is 0.616. The van der Waals surface area contributed by atoms with Gasteiger partial charge in [-0.3, -0.25) is 19.6 Å². The first-order valence-electron chi connectivity index (χ1n) is 8.24. The van der Waals surface area contributed by atoms with Crippen LogP contribution in [0.1, 0.15) is 37.3 Å². The van der Waals surface area contributed by atoms with E-state index in [-0.39, 0.29) is 36.4 Å². The molecule has 1 N–H and O–H groups in total. The summed E-state index contributed by atoms with van der Waals surface area (Å²) in [4.78, 5) is 22.4. The number of nitrogens with one attached hydrogen (secondary N) is 1. The van der Waals surface area contributed by atoms with Crippen LogP contribution in [0.5, 0.6) is 0 Å². The molecule has 3 rings (SSSR count). The minimum atomic E-state index is -0.523. The van der Waals surface area contributed by atoms with E-state index in [1.54, 1.807) is 12.1 Å². The lowest BCUT2D eigenvalue weighted by molar-refractivity contribution is -0.385. The maximum Gasteiger partial charge on any atom is 0.306 e. The Morgan fingerprint density at radius 3 is 2.68 bits per heavy atom.